The van der Waals surface area contributed by atoms with E-state index >= 15 is 0 Å². The van der Waals surface area contributed by atoms with Crippen LogP contribution in [0.5, 0.6) is 11.5 Å². The molecule has 0 spiro atoms. The molecule has 1 amide bonds. The number of phenols is 1. The molecule has 2 aliphatic heterocycles. The minimum absolute atomic E-state index is 0.107. The first-order chi connectivity index (χ1) is 22.1. The Bertz CT molecular complexity index is 1630. The van der Waals surface area contributed by atoms with E-state index in [0.717, 1.165) is 15.8 Å². The van der Waals surface area contributed by atoms with E-state index in [4.69, 9.17) is 23.8 Å². The van der Waals surface area contributed by atoms with Crippen LogP contribution in [0.1, 0.15) is 31.4 Å². The van der Waals surface area contributed by atoms with Crippen molar-refractivity contribution in [3.05, 3.63) is 58.6 Å². The zero-order valence-corrected chi connectivity index (χ0v) is 25.7. The predicted octanol–water partition coefficient (Wildman–Crippen LogP) is 1.18. The van der Waals surface area contributed by atoms with Gasteiger partial charge in [0, 0.05) is 17.6 Å². The summed E-state index contributed by atoms with van der Waals surface area (Å²) in [5.74, 6) is -0.720. The molecule has 1 saturated carbocycles. The number of nitrogens with zero attached hydrogens (tertiary/aromatic N) is 2. The number of amides is 1. The number of para-hydroxylation sites is 1. The number of ether oxygens (including phenoxy) is 4. The third kappa shape index (κ3) is 6.59. The van der Waals surface area contributed by atoms with Crippen molar-refractivity contribution in [3.8, 4) is 11.5 Å². The molecule has 15 heteroatoms. The summed E-state index contributed by atoms with van der Waals surface area (Å²) in [7, 11) is 0. The molecule has 0 radical (unpaired) electrons. The Labute approximate surface area is 267 Å². The molecule has 1 aliphatic carbocycles. The van der Waals surface area contributed by atoms with Gasteiger partial charge in [-0.1, -0.05) is 23.4 Å². The van der Waals surface area contributed by atoms with Gasteiger partial charge >= 0.3 is 0 Å². The lowest BCUT2D eigenvalue weighted by Crippen LogP contribution is -2.67. The summed E-state index contributed by atoms with van der Waals surface area (Å²) < 4.78 is 23.3. The maximum Gasteiger partial charge on any atom is 0.247 e. The maximum atomic E-state index is 12.9. The summed E-state index contributed by atoms with van der Waals surface area (Å²) in [6.45, 7) is 3.27. The number of hydrogen-bond acceptors (Lipinski definition) is 14. The zero-order chi connectivity index (χ0) is 32.5. The number of aromatic hydroxyl groups is 1. The molecule has 6 N–H and O–H groups in total. The molecule has 1 aromatic heterocycles. The highest BCUT2D eigenvalue weighted by atomic mass is 32.1. The quantitative estimate of drug-likeness (QED) is 0.109. The Morgan fingerprint density at radius 3 is 2.67 bits per heavy atom. The molecular formula is C31H35N3O11S. The number of oxime groups is 1. The molecule has 0 bridgehead atoms. The van der Waals surface area contributed by atoms with Crippen LogP contribution in [-0.2, 0) is 30.4 Å². The number of aliphatic hydroxyl groups excluding tert-OH is 4. The minimum atomic E-state index is -1.47. The van der Waals surface area contributed by atoms with Crippen molar-refractivity contribution in [1.29, 1.82) is 0 Å². The van der Waals surface area contributed by atoms with Gasteiger partial charge in [0.25, 0.3) is 0 Å². The van der Waals surface area contributed by atoms with Crippen LogP contribution in [0.15, 0.2) is 52.6 Å². The fourth-order valence-electron chi connectivity index (χ4n) is 5.80. The number of hydrogen-bond donors (Lipinski definition) is 6. The van der Waals surface area contributed by atoms with E-state index in [-0.39, 0.29) is 36.9 Å². The number of phenolic OH excluding ortho intramolecular Hbond substituents is 1. The van der Waals surface area contributed by atoms with Crippen molar-refractivity contribution in [3.63, 3.8) is 0 Å². The number of carbonyl (C=O) groups is 1. The van der Waals surface area contributed by atoms with Crippen LogP contribution in [0.2, 0.25) is 0 Å². The van der Waals surface area contributed by atoms with Gasteiger partial charge in [0.05, 0.1) is 33.6 Å². The summed E-state index contributed by atoms with van der Waals surface area (Å²) in [6, 6.07) is 9.13. The summed E-state index contributed by atoms with van der Waals surface area (Å²) >= 11 is 1.54. The van der Waals surface area contributed by atoms with Crippen molar-refractivity contribution in [2.45, 2.75) is 81.9 Å². The summed E-state index contributed by atoms with van der Waals surface area (Å²) in [5, 5.41) is 59.3. The number of fused-ring (bicyclic) bond motifs is 2. The summed E-state index contributed by atoms with van der Waals surface area (Å²) in [6.07, 6.45) is -6.84. The molecule has 0 unspecified atom stereocenters. The number of benzene rings is 2. The van der Waals surface area contributed by atoms with E-state index in [0.29, 0.717) is 11.3 Å². The highest BCUT2D eigenvalue weighted by Crippen LogP contribution is 2.33. The molecule has 2 saturated heterocycles. The van der Waals surface area contributed by atoms with Crippen LogP contribution in [-0.4, -0.2) is 104 Å². The number of aliphatic hydroxyl groups is 4. The Balaban J connectivity index is 1.03. The fraction of sp³-hybridized carbons (Fsp3) is 0.452. The van der Waals surface area contributed by atoms with Gasteiger partial charge in [-0.3, -0.25) is 4.79 Å². The summed E-state index contributed by atoms with van der Waals surface area (Å²) in [5.41, 5.74) is 4.62. The fourth-order valence-corrected chi connectivity index (χ4v) is 6.53. The van der Waals surface area contributed by atoms with Gasteiger partial charge in [0.2, 0.25) is 12.2 Å². The van der Waals surface area contributed by atoms with Crippen molar-refractivity contribution < 1.29 is 54.1 Å². The zero-order valence-electron chi connectivity index (χ0n) is 24.9. The second kappa shape index (κ2) is 13.6. The highest BCUT2D eigenvalue weighted by Gasteiger charge is 2.53. The van der Waals surface area contributed by atoms with Gasteiger partial charge in [-0.05, 0) is 43.7 Å². The van der Waals surface area contributed by atoms with Gasteiger partial charge in [0.1, 0.15) is 50.0 Å². The average molecular weight is 658 g/mol. The first-order valence-electron chi connectivity index (χ1n) is 14.7. The molecule has 246 valence electrons. The Morgan fingerprint density at radius 1 is 1.11 bits per heavy atom. The second-order valence-electron chi connectivity index (χ2n) is 11.4. The van der Waals surface area contributed by atoms with Crippen molar-refractivity contribution in [2.75, 3.05) is 6.79 Å². The number of carbonyl (C=O) groups excluding carboxylic acids is 1. The molecule has 3 heterocycles. The van der Waals surface area contributed by atoms with E-state index in [1.807, 2.05) is 18.2 Å². The van der Waals surface area contributed by atoms with Crippen molar-refractivity contribution in [2.24, 2.45) is 5.16 Å². The standard InChI is InChI=1S/C31H35N3O11S/c1-14(31(40)33-24-25(37)27(39)30-29(26(24)38)41-13-42-30)8-16-6-7-20(18(35)9-16)44-22-10-19(36)28(45-22)15(2)34-43-11-17-4-3-5-21-23(17)32-12-46-21/h3-9,12,19,22,24-30,35-39H,10-11,13H2,1-2H3,(H,33,40)/b14-8+,34-15-/t19-,22+,24+,25-,26+,27+,28+,29-,30+/m0/s1. The number of nitrogens with one attached hydrogen (secondary N) is 1. The molecule has 9 atom stereocenters. The van der Waals surface area contributed by atoms with E-state index < -0.39 is 61.0 Å². The largest absolute Gasteiger partial charge is 0.504 e. The summed E-state index contributed by atoms with van der Waals surface area (Å²) in [4.78, 5) is 22.8. The number of aromatic nitrogens is 1. The molecule has 3 aliphatic rings. The van der Waals surface area contributed by atoms with Crippen LogP contribution in [0.4, 0.5) is 0 Å². The van der Waals surface area contributed by atoms with E-state index in [1.165, 1.54) is 25.1 Å². The molecule has 14 nitrogen and oxygen atoms in total. The van der Waals surface area contributed by atoms with Gasteiger partial charge in [-0.2, -0.15) is 0 Å². The third-order valence-corrected chi connectivity index (χ3v) is 9.04. The van der Waals surface area contributed by atoms with Gasteiger partial charge < -0.3 is 54.6 Å². The first kappa shape index (κ1) is 32.3. The van der Waals surface area contributed by atoms with Crippen LogP contribution < -0.4 is 10.1 Å². The third-order valence-electron chi connectivity index (χ3n) is 8.25. The first-order valence-corrected chi connectivity index (χ1v) is 15.6. The molecule has 46 heavy (non-hydrogen) atoms. The number of thiazole rings is 1. The van der Waals surface area contributed by atoms with Crippen molar-refractivity contribution in [1.82, 2.24) is 10.3 Å². The van der Waals surface area contributed by atoms with E-state index in [2.05, 4.69) is 15.5 Å². The lowest BCUT2D eigenvalue weighted by atomic mass is 9.83. The Morgan fingerprint density at radius 2 is 1.89 bits per heavy atom. The minimum Gasteiger partial charge on any atom is -0.504 e. The molecule has 2 aromatic carbocycles. The predicted molar refractivity (Wildman–Crippen MR) is 164 cm³/mol. The van der Waals surface area contributed by atoms with Gasteiger partial charge in [-0.15, -0.1) is 11.3 Å². The van der Waals surface area contributed by atoms with Gasteiger partial charge in [-0.25, -0.2) is 4.98 Å². The van der Waals surface area contributed by atoms with Gasteiger partial charge in [0.15, 0.2) is 11.5 Å². The lowest BCUT2D eigenvalue weighted by Gasteiger charge is -2.41. The molecule has 3 aromatic rings. The molecular weight excluding hydrogens is 622 g/mol. The van der Waals surface area contributed by atoms with E-state index in [9.17, 15) is 30.3 Å². The van der Waals surface area contributed by atoms with Crippen LogP contribution in [0, 0.1) is 0 Å². The monoisotopic (exact) mass is 657 g/mol. The van der Waals surface area contributed by atoms with E-state index in [1.54, 1.807) is 29.8 Å². The average Bonchev–Trinajstić information content (AvgIpc) is 3.80. The Kier molecular flexibility index (Phi) is 9.54. The van der Waals surface area contributed by atoms with Crippen LogP contribution >= 0.6 is 11.3 Å². The SMILES string of the molecule is C/C(=N/OCc1cccc2scnc12)[C@H]1O[C@@H](Oc2ccc(/C=C(\C)C(=O)N[C@@H]3[C@H](O)[C@@H](O)[C@H]4OCO[C@H]4[C@@H]3O)cc2O)C[C@@H]1O. The van der Waals surface area contributed by atoms with Crippen molar-refractivity contribution >= 4 is 39.2 Å². The highest BCUT2D eigenvalue weighted by molar-refractivity contribution is 7.16. The maximum absolute atomic E-state index is 12.9. The molecule has 6 rings (SSSR count). The normalized spacial score (nSPS) is 31.6. The van der Waals surface area contributed by atoms with Crippen LogP contribution in [0.3, 0.4) is 0 Å². The lowest BCUT2D eigenvalue weighted by molar-refractivity contribution is -0.155. The van der Waals surface area contributed by atoms with Crippen LogP contribution in [0.25, 0.3) is 16.3 Å². The molecule has 3 fully saturated rings. The number of rotatable bonds is 9. The topological polar surface area (TPSA) is 202 Å². The second-order valence-corrected chi connectivity index (χ2v) is 12.3. The Hall–Kier alpha value is -3.67. The smallest absolute Gasteiger partial charge is 0.247 e.